The first-order valence-electron chi connectivity index (χ1n) is 6.70. The summed E-state index contributed by atoms with van der Waals surface area (Å²) in [6.45, 7) is 5.71. The fourth-order valence-corrected chi connectivity index (χ4v) is 2.62. The van der Waals surface area contributed by atoms with Gasteiger partial charge in [0.1, 0.15) is 0 Å². The molecular formula is C15H21NO3. The van der Waals surface area contributed by atoms with Crippen LogP contribution in [0.1, 0.15) is 44.4 Å². The zero-order valence-electron chi connectivity index (χ0n) is 11.9. The molecule has 0 spiro atoms. The minimum atomic E-state index is -0.332. The van der Waals surface area contributed by atoms with E-state index in [9.17, 15) is 4.79 Å². The molecule has 0 saturated heterocycles. The predicted octanol–water partition coefficient (Wildman–Crippen LogP) is 2.61. The Balaban J connectivity index is 2.41. The van der Waals surface area contributed by atoms with Gasteiger partial charge < -0.3 is 14.8 Å². The minimum absolute atomic E-state index is 0.258. The molecule has 1 N–H and O–H groups in total. The Kier molecular flexibility index (Phi) is 4.10. The van der Waals surface area contributed by atoms with Crippen LogP contribution in [0.5, 0.6) is 11.5 Å². The molecule has 2 rings (SSSR count). The number of methoxy groups -OCH3 is 1. The molecular weight excluding hydrogens is 242 g/mol. The first kappa shape index (κ1) is 13.9. The Morgan fingerprint density at radius 3 is 2.74 bits per heavy atom. The van der Waals surface area contributed by atoms with Crippen molar-refractivity contribution in [1.29, 1.82) is 0 Å². The van der Waals surface area contributed by atoms with Crippen LogP contribution in [0.2, 0.25) is 0 Å². The van der Waals surface area contributed by atoms with E-state index in [4.69, 9.17) is 9.47 Å². The second-order valence-electron chi connectivity index (χ2n) is 4.99. The summed E-state index contributed by atoms with van der Waals surface area (Å²) in [5.74, 6) is 0.788. The van der Waals surface area contributed by atoms with E-state index in [1.54, 1.807) is 7.11 Å². The average Bonchev–Trinajstić information content (AvgIpc) is 2.37. The standard InChI is InChI=1S/C15H21NO3/c1-5-12-6-11-7-14(18-4)15(19-10(3)17)8-13(11)9(2)16-12/h7-9,12,16H,5-6H2,1-4H3/t9-,12-/m1/s1. The summed E-state index contributed by atoms with van der Waals surface area (Å²) in [5, 5.41) is 3.56. The second kappa shape index (κ2) is 5.61. The van der Waals surface area contributed by atoms with E-state index in [2.05, 4.69) is 19.2 Å². The van der Waals surface area contributed by atoms with Crippen molar-refractivity contribution in [3.63, 3.8) is 0 Å². The lowest BCUT2D eigenvalue weighted by Crippen LogP contribution is -2.37. The third-order valence-electron chi connectivity index (χ3n) is 3.59. The molecule has 0 unspecified atom stereocenters. The maximum absolute atomic E-state index is 11.1. The Labute approximate surface area is 114 Å². The summed E-state index contributed by atoms with van der Waals surface area (Å²) in [4.78, 5) is 11.1. The van der Waals surface area contributed by atoms with Crippen LogP contribution in [0.3, 0.4) is 0 Å². The van der Waals surface area contributed by atoms with Gasteiger partial charge in [-0.2, -0.15) is 0 Å². The second-order valence-corrected chi connectivity index (χ2v) is 4.99. The van der Waals surface area contributed by atoms with Gasteiger partial charge in [0.15, 0.2) is 11.5 Å². The van der Waals surface area contributed by atoms with Crippen molar-refractivity contribution in [1.82, 2.24) is 5.32 Å². The quantitative estimate of drug-likeness (QED) is 0.672. The maximum Gasteiger partial charge on any atom is 0.308 e. The normalized spacial score (nSPS) is 21.7. The molecule has 0 fully saturated rings. The number of rotatable bonds is 3. The van der Waals surface area contributed by atoms with Crippen molar-refractivity contribution in [2.24, 2.45) is 0 Å². The molecule has 0 radical (unpaired) electrons. The van der Waals surface area contributed by atoms with E-state index < -0.39 is 0 Å². The molecule has 104 valence electrons. The van der Waals surface area contributed by atoms with Crippen LogP contribution in [0.4, 0.5) is 0 Å². The molecule has 0 saturated carbocycles. The lowest BCUT2D eigenvalue weighted by atomic mass is 9.89. The van der Waals surface area contributed by atoms with Gasteiger partial charge in [0.2, 0.25) is 0 Å². The third-order valence-corrected chi connectivity index (χ3v) is 3.59. The van der Waals surface area contributed by atoms with Crippen molar-refractivity contribution in [3.05, 3.63) is 23.3 Å². The molecule has 1 heterocycles. The summed E-state index contributed by atoms with van der Waals surface area (Å²) < 4.78 is 10.5. The summed E-state index contributed by atoms with van der Waals surface area (Å²) in [7, 11) is 1.59. The van der Waals surface area contributed by atoms with E-state index >= 15 is 0 Å². The van der Waals surface area contributed by atoms with Crippen LogP contribution in [-0.2, 0) is 11.2 Å². The van der Waals surface area contributed by atoms with Gasteiger partial charge >= 0.3 is 5.97 Å². The van der Waals surface area contributed by atoms with Crippen LogP contribution < -0.4 is 14.8 Å². The van der Waals surface area contributed by atoms with Gasteiger partial charge in [-0.15, -0.1) is 0 Å². The van der Waals surface area contributed by atoms with Gasteiger partial charge in [0, 0.05) is 19.0 Å². The fraction of sp³-hybridized carbons (Fsp3) is 0.533. The number of hydrogen-bond acceptors (Lipinski definition) is 4. The molecule has 1 aliphatic rings. The highest BCUT2D eigenvalue weighted by Crippen LogP contribution is 2.36. The van der Waals surface area contributed by atoms with Gasteiger partial charge in [-0.05, 0) is 43.0 Å². The molecule has 1 aromatic carbocycles. The lowest BCUT2D eigenvalue weighted by molar-refractivity contribution is -0.132. The number of hydrogen-bond donors (Lipinski definition) is 1. The molecule has 19 heavy (non-hydrogen) atoms. The summed E-state index contributed by atoms with van der Waals surface area (Å²) in [6, 6.07) is 4.66. The van der Waals surface area contributed by atoms with Crippen LogP contribution >= 0.6 is 0 Å². The van der Waals surface area contributed by atoms with E-state index in [0.29, 0.717) is 17.5 Å². The summed E-state index contributed by atoms with van der Waals surface area (Å²) in [6.07, 6.45) is 2.07. The van der Waals surface area contributed by atoms with Gasteiger partial charge in [0.05, 0.1) is 7.11 Å². The van der Waals surface area contributed by atoms with Crippen LogP contribution in [0, 0.1) is 0 Å². The van der Waals surface area contributed by atoms with E-state index in [1.165, 1.54) is 18.1 Å². The molecule has 4 heteroatoms. The van der Waals surface area contributed by atoms with Crippen molar-refractivity contribution < 1.29 is 14.3 Å². The Morgan fingerprint density at radius 1 is 1.42 bits per heavy atom. The van der Waals surface area contributed by atoms with Crippen molar-refractivity contribution in [2.45, 2.75) is 45.7 Å². The van der Waals surface area contributed by atoms with Gasteiger partial charge in [-0.1, -0.05) is 6.92 Å². The topological polar surface area (TPSA) is 47.6 Å². The Bertz CT molecular complexity index is 485. The van der Waals surface area contributed by atoms with Gasteiger partial charge in [0.25, 0.3) is 0 Å². The molecule has 0 aliphatic carbocycles. The number of ether oxygens (including phenoxy) is 2. The van der Waals surface area contributed by atoms with Crippen LogP contribution in [-0.4, -0.2) is 19.1 Å². The molecule has 0 aromatic heterocycles. The smallest absolute Gasteiger partial charge is 0.308 e. The van der Waals surface area contributed by atoms with E-state index in [1.807, 2.05) is 12.1 Å². The van der Waals surface area contributed by atoms with E-state index in [0.717, 1.165) is 12.8 Å². The van der Waals surface area contributed by atoms with Crippen molar-refractivity contribution in [3.8, 4) is 11.5 Å². The number of benzene rings is 1. The fourth-order valence-electron chi connectivity index (χ4n) is 2.62. The highest BCUT2D eigenvalue weighted by Gasteiger charge is 2.24. The average molecular weight is 263 g/mol. The zero-order valence-corrected chi connectivity index (χ0v) is 11.9. The molecule has 1 aliphatic heterocycles. The molecule has 4 nitrogen and oxygen atoms in total. The van der Waals surface area contributed by atoms with E-state index in [-0.39, 0.29) is 12.0 Å². The number of carbonyl (C=O) groups is 1. The zero-order chi connectivity index (χ0) is 14.0. The summed E-state index contributed by atoms with van der Waals surface area (Å²) in [5.41, 5.74) is 2.45. The molecule has 1 aromatic rings. The lowest BCUT2D eigenvalue weighted by Gasteiger charge is -2.31. The number of esters is 1. The van der Waals surface area contributed by atoms with Gasteiger partial charge in [-0.3, -0.25) is 4.79 Å². The minimum Gasteiger partial charge on any atom is -0.493 e. The number of fused-ring (bicyclic) bond motifs is 1. The SMILES string of the molecule is CC[C@@H]1Cc2cc(OC)c(OC(C)=O)cc2[C@@H](C)N1. The predicted molar refractivity (Wildman–Crippen MR) is 73.6 cm³/mol. The highest BCUT2D eigenvalue weighted by molar-refractivity contribution is 5.70. The molecule has 2 atom stereocenters. The van der Waals surface area contributed by atoms with Crippen LogP contribution in [0.15, 0.2) is 12.1 Å². The Morgan fingerprint density at radius 2 is 2.16 bits per heavy atom. The molecule has 0 amide bonds. The third kappa shape index (κ3) is 2.89. The monoisotopic (exact) mass is 263 g/mol. The number of nitrogens with one attached hydrogen (secondary N) is 1. The first-order valence-corrected chi connectivity index (χ1v) is 6.70. The first-order chi connectivity index (χ1) is 9.05. The highest BCUT2D eigenvalue weighted by atomic mass is 16.6. The van der Waals surface area contributed by atoms with Crippen molar-refractivity contribution >= 4 is 5.97 Å². The maximum atomic E-state index is 11.1. The number of carbonyl (C=O) groups excluding carboxylic acids is 1. The van der Waals surface area contributed by atoms with Gasteiger partial charge in [-0.25, -0.2) is 0 Å². The summed E-state index contributed by atoms with van der Waals surface area (Å²) >= 11 is 0. The van der Waals surface area contributed by atoms with Crippen molar-refractivity contribution in [2.75, 3.05) is 7.11 Å². The largest absolute Gasteiger partial charge is 0.493 e. The Hall–Kier alpha value is -1.55. The van der Waals surface area contributed by atoms with Crippen LogP contribution in [0.25, 0.3) is 0 Å². The molecule has 0 bridgehead atoms.